The van der Waals surface area contributed by atoms with Crippen molar-refractivity contribution in [3.63, 3.8) is 0 Å². The monoisotopic (exact) mass is 281 g/mol. The van der Waals surface area contributed by atoms with E-state index in [0.717, 1.165) is 28.9 Å². The third-order valence-electron chi connectivity index (χ3n) is 4.69. The van der Waals surface area contributed by atoms with Crippen LogP contribution in [0.3, 0.4) is 0 Å². The molecular formula is C16H19N5. The summed E-state index contributed by atoms with van der Waals surface area (Å²) in [5, 5.41) is 6.98. The second kappa shape index (κ2) is 4.70. The molecule has 0 bridgehead atoms. The normalized spacial score (nSPS) is 17.0. The van der Waals surface area contributed by atoms with Gasteiger partial charge in [0.15, 0.2) is 5.82 Å². The van der Waals surface area contributed by atoms with Crippen LogP contribution in [0, 0.1) is 0 Å². The maximum atomic E-state index is 4.77. The van der Waals surface area contributed by atoms with Crippen molar-refractivity contribution in [2.75, 3.05) is 18.9 Å². The molecule has 21 heavy (non-hydrogen) atoms. The minimum absolute atomic E-state index is 0.227. The molecule has 0 spiro atoms. The molecule has 2 aromatic heterocycles. The fourth-order valence-electron chi connectivity index (χ4n) is 3.10. The Morgan fingerprint density at radius 1 is 1.24 bits per heavy atom. The van der Waals surface area contributed by atoms with Gasteiger partial charge in [-0.1, -0.05) is 12.1 Å². The van der Waals surface area contributed by atoms with Crippen molar-refractivity contribution in [3.05, 3.63) is 36.8 Å². The molecular weight excluding hydrogens is 262 g/mol. The zero-order chi connectivity index (χ0) is 14.3. The van der Waals surface area contributed by atoms with Crippen molar-refractivity contribution in [2.45, 2.75) is 24.8 Å². The third-order valence-corrected chi connectivity index (χ3v) is 4.69. The number of aromatic nitrogens is 3. The van der Waals surface area contributed by atoms with Gasteiger partial charge in [-0.25, -0.2) is 9.97 Å². The summed E-state index contributed by atoms with van der Waals surface area (Å²) < 4.78 is 2.09. The van der Waals surface area contributed by atoms with E-state index in [-0.39, 0.29) is 5.54 Å². The van der Waals surface area contributed by atoms with E-state index in [4.69, 9.17) is 4.98 Å². The number of nitrogens with one attached hydrogen (secondary N) is 2. The Bertz CT molecular complexity index is 782. The number of benzene rings is 1. The molecule has 5 heteroatoms. The van der Waals surface area contributed by atoms with Crippen molar-refractivity contribution < 1.29 is 0 Å². The molecule has 0 unspecified atom stereocenters. The van der Waals surface area contributed by atoms with E-state index >= 15 is 0 Å². The van der Waals surface area contributed by atoms with Crippen LogP contribution in [-0.2, 0) is 0 Å². The highest BCUT2D eigenvalue weighted by Gasteiger charge is 2.35. The van der Waals surface area contributed by atoms with Gasteiger partial charge in [0, 0.05) is 12.1 Å². The van der Waals surface area contributed by atoms with Crippen LogP contribution in [0.5, 0.6) is 0 Å². The smallest absolute Gasteiger partial charge is 0.152 e. The summed E-state index contributed by atoms with van der Waals surface area (Å²) >= 11 is 0. The second-order valence-corrected chi connectivity index (χ2v) is 5.84. The summed E-state index contributed by atoms with van der Waals surface area (Å²) in [6, 6.07) is 8.16. The molecule has 0 atom stereocenters. The minimum atomic E-state index is 0.227. The number of hydrogen-bond donors (Lipinski definition) is 2. The van der Waals surface area contributed by atoms with Gasteiger partial charge in [-0.05, 0) is 38.4 Å². The van der Waals surface area contributed by atoms with Crippen LogP contribution in [0.2, 0.25) is 0 Å². The lowest BCUT2D eigenvalue weighted by molar-refractivity contribution is 0.214. The predicted octanol–water partition coefficient (Wildman–Crippen LogP) is 2.44. The average Bonchev–Trinajstić information content (AvgIpc) is 2.96. The number of likely N-dealkylation sites (N-methyl/N-ethyl adjacent to an activating group) is 1. The van der Waals surface area contributed by atoms with Crippen molar-refractivity contribution >= 4 is 22.4 Å². The van der Waals surface area contributed by atoms with Gasteiger partial charge in [0.05, 0.1) is 23.6 Å². The van der Waals surface area contributed by atoms with Crippen LogP contribution in [0.15, 0.2) is 36.8 Å². The average molecular weight is 281 g/mol. The van der Waals surface area contributed by atoms with Gasteiger partial charge in [-0.2, -0.15) is 0 Å². The third kappa shape index (κ3) is 1.96. The number of rotatable bonds is 4. The molecule has 1 saturated carbocycles. The Balaban J connectivity index is 1.74. The first-order valence-corrected chi connectivity index (χ1v) is 7.45. The maximum absolute atomic E-state index is 4.77. The molecule has 1 aromatic carbocycles. The number of hydrogen-bond acceptors (Lipinski definition) is 4. The molecule has 1 aliphatic carbocycles. The molecule has 0 radical (unpaired) electrons. The lowest BCUT2D eigenvalue weighted by atomic mass is 9.77. The van der Waals surface area contributed by atoms with E-state index in [0.29, 0.717) is 0 Å². The molecule has 2 heterocycles. The van der Waals surface area contributed by atoms with E-state index in [9.17, 15) is 0 Å². The van der Waals surface area contributed by atoms with Gasteiger partial charge >= 0.3 is 0 Å². The number of para-hydroxylation sites is 2. The summed E-state index contributed by atoms with van der Waals surface area (Å²) in [5.41, 5.74) is 3.32. The molecule has 2 N–H and O–H groups in total. The van der Waals surface area contributed by atoms with Gasteiger partial charge in [0.2, 0.25) is 0 Å². The predicted molar refractivity (Wildman–Crippen MR) is 84.6 cm³/mol. The summed E-state index contributed by atoms with van der Waals surface area (Å²) in [5.74, 6) is 0.910. The Morgan fingerprint density at radius 3 is 2.86 bits per heavy atom. The first-order valence-electron chi connectivity index (χ1n) is 7.45. The highest BCUT2D eigenvalue weighted by atomic mass is 15.1. The number of nitrogens with zero attached hydrogens (tertiary/aromatic N) is 3. The quantitative estimate of drug-likeness (QED) is 0.771. The van der Waals surface area contributed by atoms with Gasteiger partial charge in [0.25, 0.3) is 0 Å². The van der Waals surface area contributed by atoms with Crippen molar-refractivity contribution in [3.8, 4) is 0 Å². The SMILES string of the molecule is CNC1(CNc2nc3ccccc3n3cncc23)CCC1. The molecule has 1 aliphatic rings. The Labute approximate surface area is 123 Å². The molecule has 0 saturated heterocycles. The zero-order valence-corrected chi connectivity index (χ0v) is 12.1. The first-order chi connectivity index (χ1) is 10.3. The Morgan fingerprint density at radius 2 is 2.10 bits per heavy atom. The van der Waals surface area contributed by atoms with Crippen LogP contribution in [0.25, 0.3) is 16.6 Å². The van der Waals surface area contributed by atoms with Crippen molar-refractivity contribution in [1.82, 2.24) is 19.7 Å². The van der Waals surface area contributed by atoms with Gasteiger partial charge in [-0.3, -0.25) is 4.40 Å². The fraction of sp³-hybridized carbons (Fsp3) is 0.375. The summed E-state index contributed by atoms with van der Waals surface area (Å²) in [6.45, 7) is 0.898. The maximum Gasteiger partial charge on any atom is 0.152 e. The lowest BCUT2D eigenvalue weighted by Crippen LogP contribution is -2.54. The van der Waals surface area contributed by atoms with E-state index in [1.807, 2.05) is 37.8 Å². The van der Waals surface area contributed by atoms with Crippen LogP contribution >= 0.6 is 0 Å². The molecule has 5 nitrogen and oxygen atoms in total. The van der Waals surface area contributed by atoms with E-state index in [2.05, 4.69) is 26.1 Å². The lowest BCUT2D eigenvalue weighted by Gasteiger charge is -2.42. The molecule has 4 rings (SSSR count). The van der Waals surface area contributed by atoms with Crippen LogP contribution in [0.4, 0.5) is 5.82 Å². The Hall–Kier alpha value is -2.14. The summed E-state index contributed by atoms with van der Waals surface area (Å²) in [7, 11) is 2.04. The number of fused-ring (bicyclic) bond motifs is 3. The van der Waals surface area contributed by atoms with Gasteiger partial charge in [0.1, 0.15) is 5.52 Å². The van der Waals surface area contributed by atoms with Crippen molar-refractivity contribution in [1.29, 1.82) is 0 Å². The second-order valence-electron chi connectivity index (χ2n) is 5.84. The molecule has 0 amide bonds. The standard InChI is InChI=1S/C16H19N5/c1-17-16(7-4-8-16)10-19-15-14-9-18-11-21(14)13-6-3-2-5-12(13)20-15/h2-3,5-6,9,11,17H,4,7-8,10H2,1H3,(H,19,20). The molecule has 108 valence electrons. The highest BCUT2D eigenvalue weighted by molar-refractivity contribution is 5.84. The summed E-state index contributed by atoms with van der Waals surface area (Å²) in [4.78, 5) is 9.05. The largest absolute Gasteiger partial charge is 0.366 e. The summed E-state index contributed by atoms with van der Waals surface area (Å²) in [6.07, 6.45) is 7.46. The van der Waals surface area contributed by atoms with Crippen LogP contribution < -0.4 is 10.6 Å². The van der Waals surface area contributed by atoms with Crippen LogP contribution in [0.1, 0.15) is 19.3 Å². The van der Waals surface area contributed by atoms with Gasteiger partial charge < -0.3 is 10.6 Å². The first kappa shape index (κ1) is 12.6. The Kier molecular flexibility index (Phi) is 2.82. The topological polar surface area (TPSA) is 54.2 Å². The molecule has 3 aromatic rings. The number of imidazole rings is 1. The van der Waals surface area contributed by atoms with E-state index < -0.39 is 0 Å². The van der Waals surface area contributed by atoms with Gasteiger partial charge in [-0.15, -0.1) is 0 Å². The zero-order valence-electron chi connectivity index (χ0n) is 12.1. The minimum Gasteiger partial charge on any atom is -0.366 e. The number of anilines is 1. The fourth-order valence-corrected chi connectivity index (χ4v) is 3.10. The molecule has 1 fully saturated rings. The highest BCUT2D eigenvalue weighted by Crippen LogP contribution is 2.32. The van der Waals surface area contributed by atoms with Crippen LogP contribution in [-0.4, -0.2) is 33.5 Å². The molecule has 0 aliphatic heterocycles. The van der Waals surface area contributed by atoms with Crippen molar-refractivity contribution in [2.24, 2.45) is 0 Å². The van der Waals surface area contributed by atoms with E-state index in [1.54, 1.807) is 0 Å². The van der Waals surface area contributed by atoms with E-state index in [1.165, 1.54) is 19.3 Å².